The molecule has 13 heavy (non-hydrogen) atoms. The smallest absolute Gasteiger partial charge is 0.0594 e. The van der Waals surface area contributed by atoms with Crippen LogP contribution in [0.15, 0.2) is 0 Å². The summed E-state index contributed by atoms with van der Waals surface area (Å²) in [4.78, 5) is 0. The van der Waals surface area contributed by atoms with Crippen LogP contribution < -0.4 is 0 Å². The summed E-state index contributed by atoms with van der Waals surface area (Å²) in [6.07, 6.45) is -0.115. The average molecular weight is 188 g/mol. The van der Waals surface area contributed by atoms with Gasteiger partial charge in [0.25, 0.3) is 0 Å². The highest BCUT2D eigenvalue weighted by Gasteiger charge is 2.32. The van der Waals surface area contributed by atoms with Crippen molar-refractivity contribution in [2.24, 2.45) is 10.8 Å². The Bertz CT molecular complexity index is 154. The number of hydrogen-bond acceptors (Lipinski definition) is 2. The summed E-state index contributed by atoms with van der Waals surface area (Å²) in [7, 11) is 0. The van der Waals surface area contributed by atoms with Crippen LogP contribution in [0.4, 0.5) is 0 Å². The third kappa shape index (κ3) is 4.10. The van der Waals surface area contributed by atoms with Crippen molar-refractivity contribution in [1.29, 1.82) is 0 Å². The Morgan fingerprint density at radius 2 is 1.38 bits per heavy atom. The predicted molar refractivity (Wildman–Crippen MR) is 55.5 cm³/mol. The van der Waals surface area contributed by atoms with E-state index >= 15 is 0 Å². The zero-order chi connectivity index (χ0) is 10.9. The summed E-state index contributed by atoms with van der Waals surface area (Å²) >= 11 is 0. The van der Waals surface area contributed by atoms with E-state index in [2.05, 4.69) is 0 Å². The normalized spacial score (nSPS) is 18.5. The Morgan fingerprint density at radius 3 is 1.62 bits per heavy atom. The molecule has 2 nitrogen and oxygen atoms in total. The van der Waals surface area contributed by atoms with Gasteiger partial charge in [-0.1, -0.05) is 34.6 Å². The van der Waals surface area contributed by atoms with Crippen LogP contribution in [0, 0.1) is 10.8 Å². The lowest BCUT2D eigenvalue weighted by molar-refractivity contribution is -0.0199. The molecule has 0 aromatic rings. The molecule has 2 atom stereocenters. The van der Waals surface area contributed by atoms with Crippen LogP contribution in [0.25, 0.3) is 0 Å². The van der Waals surface area contributed by atoms with Gasteiger partial charge in [-0.05, 0) is 24.2 Å². The van der Waals surface area contributed by atoms with Gasteiger partial charge in [-0.25, -0.2) is 0 Å². The van der Waals surface area contributed by atoms with Gasteiger partial charge in [0.15, 0.2) is 0 Å². The summed E-state index contributed by atoms with van der Waals surface area (Å²) in [5, 5.41) is 19.3. The molecule has 0 aromatic carbocycles. The number of aliphatic hydroxyl groups excluding tert-OH is 2. The molecule has 0 rings (SSSR count). The zero-order valence-electron chi connectivity index (χ0n) is 9.76. The molecule has 0 aliphatic carbocycles. The number of rotatable bonds is 3. The maximum Gasteiger partial charge on any atom is 0.0594 e. The van der Waals surface area contributed by atoms with E-state index in [0.29, 0.717) is 6.42 Å². The van der Waals surface area contributed by atoms with Crippen LogP contribution in [0.3, 0.4) is 0 Å². The van der Waals surface area contributed by atoms with Crippen molar-refractivity contribution < 1.29 is 10.2 Å². The molecule has 0 saturated heterocycles. The summed E-state index contributed by atoms with van der Waals surface area (Å²) in [5.41, 5.74) is -0.321. The molecule has 0 saturated carbocycles. The van der Waals surface area contributed by atoms with E-state index in [-0.39, 0.29) is 23.0 Å². The van der Waals surface area contributed by atoms with Crippen LogP contribution in [0.1, 0.15) is 48.0 Å². The second-order valence-electron chi connectivity index (χ2n) is 5.75. The van der Waals surface area contributed by atoms with Crippen LogP contribution in [-0.2, 0) is 0 Å². The van der Waals surface area contributed by atoms with Crippen molar-refractivity contribution in [2.45, 2.75) is 60.2 Å². The third-order valence-corrected chi connectivity index (χ3v) is 2.85. The summed E-state index contributed by atoms with van der Waals surface area (Å²) in [5.74, 6) is 0. The standard InChI is InChI=1S/C11H24O2/c1-8(12)11(5,6)7-9(13)10(2,3)4/h8-9,12-13H,7H2,1-6H3. The van der Waals surface area contributed by atoms with Gasteiger partial charge in [-0.15, -0.1) is 0 Å². The molecule has 0 aromatic heterocycles. The molecule has 2 N–H and O–H groups in total. The van der Waals surface area contributed by atoms with Gasteiger partial charge in [0.05, 0.1) is 12.2 Å². The Balaban J connectivity index is 4.28. The van der Waals surface area contributed by atoms with Crippen molar-refractivity contribution in [3.05, 3.63) is 0 Å². The van der Waals surface area contributed by atoms with Crippen LogP contribution in [-0.4, -0.2) is 22.4 Å². The fourth-order valence-corrected chi connectivity index (χ4v) is 0.975. The molecule has 0 aliphatic heterocycles. The highest BCUT2D eigenvalue weighted by Crippen LogP contribution is 2.33. The van der Waals surface area contributed by atoms with E-state index in [0.717, 1.165) is 0 Å². The van der Waals surface area contributed by atoms with Crippen LogP contribution >= 0.6 is 0 Å². The topological polar surface area (TPSA) is 40.5 Å². The Kier molecular flexibility index (Phi) is 3.95. The molecule has 0 heterocycles. The number of aliphatic hydroxyl groups is 2. The lowest BCUT2D eigenvalue weighted by Crippen LogP contribution is -2.36. The van der Waals surface area contributed by atoms with E-state index in [1.165, 1.54) is 0 Å². The second-order valence-corrected chi connectivity index (χ2v) is 5.75. The first kappa shape index (κ1) is 12.9. The highest BCUT2D eigenvalue weighted by molar-refractivity contribution is 4.83. The molecule has 0 amide bonds. The van der Waals surface area contributed by atoms with Crippen molar-refractivity contribution in [3.63, 3.8) is 0 Å². The lowest BCUT2D eigenvalue weighted by Gasteiger charge is -2.35. The van der Waals surface area contributed by atoms with Gasteiger partial charge in [-0.3, -0.25) is 0 Å². The lowest BCUT2D eigenvalue weighted by atomic mass is 9.75. The van der Waals surface area contributed by atoms with E-state index in [9.17, 15) is 10.2 Å². The van der Waals surface area contributed by atoms with Gasteiger partial charge < -0.3 is 10.2 Å². The molecule has 0 radical (unpaired) electrons. The monoisotopic (exact) mass is 188 g/mol. The first-order valence-electron chi connectivity index (χ1n) is 4.93. The first-order chi connectivity index (χ1) is 5.57. The van der Waals surface area contributed by atoms with Gasteiger partial charge in [0.1, 0.15) is 0 Å². The molecule has 2 heteroatoms. The van der Waals surface area contributed by atoms with E-state index < -0.39 is 0 Å². The minimum atomic E-state index is -0.385. The maximum atomic E-state index is 9.86. The summed E-state index contributed by atoms with van der Waals surface area (Å²) < 4.78 is 0. The van der Waals surface area contributed by atoms with Crippen molar-refractivity contribution in [1.82, 2.24) is 0 Å². The molecule has 80 valence electrons. The molecule has 0 fully saturated rings. The summed E-state index contributed by atoms with van der Waals surface area (Å²) in [6, 6.07) is 0. The fourth-order valence-electron chi connectivity index (χ4n) is 0.975. The Morgan fingerprint density at radius 1 is 1.00 bits per heavy atom. The zero-order valence-corrected chi connectivity index (χ0v) is 9.76. The Labute approximate surface area is 82.0 Å². The fraction of sp³-hybridized carbons (Fsp3) is 1.00. The minimum Gasteiger partial charge on any atom is -0.393 e. The third-order valence-electron chi connectivity index (χ3n) is 2.85. The van der Waals surface area contributed by atoms with Gasteiger partial charge in [0, 0.05) is 0 Å². The van der Waals surface area contributed by atoms with E-state index in [4.69, 9.17) is 0 Å². The molecular formula is C11H24O2. The minimum absolute atomic E-state index is 0.105. The van der Waals surface area contributed by atoms with Gasteiger partial charge in [-0.2, -0.15) is 0 Å². The first-order valence-corrected chi connectivity index (χ1v) is 4.93. The molecule has 0 aliphatic rings. The largest absolute Gasteiger partial charge is 0.393 e. The average Bonchev–Trinajstić information content (AvgIpc) is 1.83. The molecular weight excluding hydrogens is 164 g/mol. The van der Waals surface area contributed by atoms with E-state index in [1.807, 2.05) is 34.6 Å². The number of hydrogen-bond donors (Lipinski definition) is 2. The molecule has 2 unspecified atom stereocenters. The maximum absolute atomic E-state index is 9.86. The molecule has 0 spiro atoms. The van der Waals surface area contributed by atoms with Gasteiger partial charge in [0.2, 0.25) is 0 Å². The predicted octanol–water partition coefficient (Wildman–Crippen LogP) is 2.19. The Hall–Kier alpha value is -0.0800. The van der Waals surface area contributed by atoms with Crippen LogP contribution in [0.2, 0.25) is 0 Å². The van der Waals surface area contributed by atoms with Gasteiger partial charge >= 0.3 is 0 Å². The van der Waals surface area contributed by atoms with Crippen molar-refractivity contribution in [2.75, 3.05) is 0 Å². The van der Waals surface area contributed by atoms with E-state index in [1.54, 1.807) is 6.92 Å². The second kappa shape index (κ2) is 3.97. The summed E-state index contributed by atoms with van der Waals surface area (Å²) in [6.45, 7) is 11.8. The molecule has 0 bridgehead atoms. The highest BCUT2D eigenvalue weighted by atomic mass is 16.3. The van der Waals surface area contributed by atoms with Crippen LogP contribution in [0.5, 0.6) is 0 Å². The SMILES string of the molecule is CC(O)C(C)(C)CC(O)C(C)(C)C. The quantitative estimate of drug-likeness (QED) is 0.712. The van der Waals surface area contributed by atoms with Crippen molar-refractivity contribution >= 4 is 0 Å². The van der Waals surface area contributed by atoms with Crippen molar-refractivity contribution in [3.8, 4) is 0 Å².